The highest BCUT2D eigenvalue weighted by molar-refractivity contribution is 6.14. The number of methoxy groups -OCH3 is 1. The number of nitrogens with zero attached hydrogens (tertiary/aromatic N) is 4. The number of ether oxygens (including phenoxy) is 5. The molecule has 354 valence electrons. The van der Waals surface area contributed by atoms with Crippen molar-refractivity contribution < 1.29 is 57.2 Å². The van der Waals surface area contributed by atoms with E-state index in [2.05, 4.69) is 53.4 Å². The number of nitrogen functional groups attached to an aromatic ring is 1. The van der Waals surface area contributed by atoms with Gasteiger partial charge in [0.05, 0.1) is 98.2 Å². The third-order valence-electron chi connectivity index (χ3n) is 9.33. The molecule has 0 atom stereocenters. The largest absolute Gasteiger partial charge is 0.496 e. The Morgan fingerprint density at radius 3 is 1.85 bits per heavy atom. The Balaban J connectivity index is 0.948. The SMILES string of the molecule is CCCCCNc1nc(N)nc2ccn(Cc3ccc(COCCOCCOCCOCCNC(=O)CNC(=O)CNC(=O)CNC(=O)CNC(=O)CN4C(=O)C=CC4=O)cc3OC)c12. The number of nitrogens with two attached hydrogens (primary N) is 1. The maximum absolute atomic E-state index is 12.0. The predicted octanol–water partition coefficient (Wildman–Crippen LogP) is -1.26. The van der Waals surface area contributed by atoms with Crippen LogP contribution in [-0.4, -0.2) is 160 Å². The van der Waals surface area contributed by atoms with Gasteiger partial charge in [-0.25, -0.2) is 4.98 Å². The summed E-state index contributed by atoms with van der Waals surface area (Å²) in [4.78, 5) is 92.2. The predicted molar refractivity (Wildman–Crippen MR) is 235 cm³/mol. The van der Waals surface area contributed by atoms with E-state index in [4.69, 9.17) is 29.4 Å². The lowest BCUT2D eigenvalue weighted by atomic mass is 10.1. The minimum atomic E-state index is -0.744. The van der Waals surface area contributed by atoms with Gasteiger partial charge in [0.15, 0.2) is 5.82 Å². The molecule has 0 bridgehead atoms. The second-order valence-electron chi connectivity index (χ2n) is 14.3. The van der Waals surface area contributed by atoms with Crippen molar-refractivity contribution in [3.63, 3.8) is 0 Å². The number of aromatic nitrogens is 3. The Morgan fingerprint density at radius 2 is 1.25 bits per heavy atom. The van der Waals surface area contributed by atoms with Gasteiger partial charge in [-0.2, -0.15) is 4.98 Å². The smallest absolute Gasteiger partial charge is 0.254 e. The van der Waals surface area contributed by atoms with Gasteiger partial charge in [0.2, 0.25) is 35.5 Å². The molecule has 23 heteroatoms. The molecule has 0 unspecified atom stereocenters. The summed E-state index contributed by atoms with van der Waals surface area (Å²) in [6, 6.07) is 7.94. The van der Waals surface area contributed by atoms with Crippen LogP contribution >= 0.6 is 0 Å². The average Bonchev–Trinajstić information content (AvgIpc) is 3.85. The molecule has 65 heavy (non-hydrogen) atoms. The number of nitrogens with one attached hydrogen (secondary N) is 6. The molecule has 8 N–H and O–H groups in total. The molecule has 0 spiro atoms. The Labute approximate surface area is 375 Å². The highest BCUT2D eigenvalue weighted by atomic mass is 16.6. The van der Waals surface area contributed by atoms with Gasteiger partial charge < -0.3 is 65.9 Å². The number of unbranched alkanes of at least 4 members (excludes halogenated alkanes) is 2. The normalized spacial score (nSPS) is 12.1. The molecular formula is C42H59N11O12. The molecule has 1 aromatic carbocycles. The summed E-state index contributed by atoms with van der Waals surface area (Å²) < 4.78 is 30.2. The molecule has 2 aromatic heterocycles. The number of rotatable bonds is 32. The van der Waals surface area contributed by atoms with Gasteiger partial charge in [-0.15, -0.1) is 0 Å². The Morgan fingerprint density at radius 1 is 0.677 bits per heavy atom. The summed E-state index contributed by atoms with van der Waals surface area (Å²) in [5, 5.41) is 15.1. The van der Waals surface area contributed by atoms with Crippen molar-refractivity contribution in [3.05, 3.63) is 53.7 Å². The van der Waals surface area contributed by atoms with Gasteiger partial charge >= 0.3 is 0 Å². The Hall–Kier alpha value is -6.69. The molecule has 1 aliphatic rings. The highest BCUT2D eigenvalue weighted by Crippen LogP contribution is 2.27. The lowest BCUT2D eigenvalue weighted by molar-refractivity contribution is -0.141. The number of carbonyl (C=O) groups is 7. The first-order valence-corrected chi connectivity index (χ1v) is 21.2. The standard InChI is InChI=1S/C42H59N11O12/c1-3-4-5-11-45-41-40-31(50-42(43)51-41)10-13-52(40)26-30-7-6-29(21-32(30)61-2)28-65-20-19-64-18-17-63-16-15-62-14-12-44-33(54)22-46-34(55)23-47-35(56)24-48-36(57)25-49-37(58)27-53-38(59)8-9-39(53)60/h6-10,13,21H,3-5,11-12,14-20,22-28H2,1-2H3,(H,44,54)(H,46,55)(H,47,56)(H,48,57)(H,49,58)(H3,43,45,50,51). The number of imide groups is 1. The zero-order valence-electron chi connectivity index (χ0n) is 36.7. The van der Waals surface area contributed by atoms with E-state index in [9.17, 15) is 33.6 Å². The van der Waals surface area contributed by atoms with Crippen molar-refractivity contribution in [2.45, 2.75) is 39.3 Å². The minimum Gasteiger partial charge on any atom is -0.496 e. The molecule has 1 aliphatic heterocycles. The summed E-state index contributed by atoms with van der Waals surface area (Å²) in [6.45, 7) is 4.20. The second-order valence-corrected chi connectivity index (χ2v) is 14.3. The number of amides is 7. The van der Waals surface area contributed by atoms with E-state index in [0.717, 1.165) is 71.7 Å². The zero-order valence-corrected chi connectivity index (χ0v) is 36.7. The third-order valence-corrected chi connectivity index (χ3v) is 9.33. The zero-order chi connectivity index (χ0) is 46.8. The van der Waals surface area contributed by atoms with Crippen LogP contribution in [0.25, 0.3) is 11.0 Å². The number of hydrogen-bond donors (Lipinski definition) is 7. The van der Waals surface area contributed by atoms with Gasteiger partial charge in [-0.3, -0.25) is 38.5 Å². The molecular weight excluding hydrogens is 851 g/mol. The molecule has 7 amide bonds. The van der Waals surface area contributed by atoms with Crippen LogP contribution in [0.1, 0.15) is 37.3 Å². The molecule has 0 radical (unpaired) electrons. The fourth-order valence-corrected chi connectivity index (χ4v) is 6.02. The van der Waals surface area contributed by atoms with Crippen molar-refractivity contribution in [1.29, 1.82) is 0 Å². The molecule has 3 aromatic rings. The van der Waals surface area contributed by atoms with E-state index in [0.29, 0.717) is 57.7 Å². The van der Waals surface area contributed by atoms with Crippen LogP contribution in [0, 0.1) is 0 Å². The maximum Gasteiger partial charge on any atom is 0.254 e. The third kappa shape index (κ3) is 18.5. The average molecular weight is 910 g/mol. The number of fused-ring (bicyclic) bond motifs is 1. The van der Waals surface area contributed by atoms with Gasteiger partial charge in [-0.1, -0.05) is 31.9 Å². The number of benzene rings is 1. The first-order valence-electron chi connectivity index (χ1n) is 21.2. The van der Waals surface area contributed by atoms with E-state index in [1.807, 2.05) is 30.5 Å². The molecule has 0 saturated heterocycles. The van der Waals surface area contributed by atoms with Gasteiger partial charge in [-0.05, 0) is 24.1 Å². The lowest BCUT2D eigenvalue weighted by Crippen LogP contribution is -2.47. The molecule has 4 rings (SSSR count). The van der Waals surface area contributed by atoms with Crippen molar-refractivity contribution >= 4 is 64.1 Å². The van der Waals surface area contributed by atoms with Crippen LogP contribution in [-0.2, 0) is 65.7 Å². The lowest BCUT2D eigenvalue weighted by Gasteiger charge is -2.14. The highest BCUT2D eigenvalue weighted by Gasteiger charge is 2.25. The van der Waals surface area contributed by atoms with Gasteiger partial charge in [0.25, 0.3) is 11.8 Å². The first-order chi connectivity index (χ1) is 31.5. The van der Waals surface area contributed by atoms with E-state index in [1.165, 1.54) is 0 Å². The summed E-state index contributed by atoms with van der Waals surface area (Å²) in [5.41, 5.74) is 9.60. The summed E-state index contributed by atoms with van der Waals surface area (Å²) in [7, 11) is 1.65. The first kappa shape index (κ1) is 50.9. The molecule has 3 heterocycles. The molecule has 23 nitrogen and oxygen atoms in total. The van der Waals surface area contributed by atoms with E-state index < -0.39 is 67.5 Å². The van der Waals surface area contributed by atoms with Crippen LogP contribution in [0.2, 0.25) is 0 Å². The summed E-state index contributed by atoms with van der Waals surface area (Å²) in [5.74, 6) is -2.84. The monoisotopic (exact) mass is 909 g/mol. The summed E-state index contributed by atoms with van der Waals surface area (Å²) in [6.07, 6.45) is 7.33. The number of hydrogen-bond acceptors (Lipinski definition) is 16. The fourth-order valence-electron chi connectivity index (χ4n) is 6.02. The Kier molecular flexibility index (Phi) is 22.1. The van der Waals surface area contributed by atoms with Crippen LogP contribution < -0.4 is 42.4 Å². The molecule has 0 saturated carbocycles. The molecule has 0 fully saturated rings. The van der Waals surface area contributed by atoms with Crippen LogP contribution in [0.5, 0.6) is 5.75 Å². The van der Waals surface area contributed by atoms with E-state index in [-0.39, 0.29) is 25.6 Å². The van der Waals surface area contributed by atoms with Crippen molar-refractivity contribution in [2.75, 3.05) is 110 Å². The van der Waals surface area contributed by atoms with E-state index >= 15 is 0 Å². The number of anilines is 2. The van der Waals surface area contributed by atoms with E-state index in [1.54, 1.807) is 7.11 Å². The van der Waals surface area contributed by atoms with Crippen LogP contribution in [0.3, 0.4) is 0 Å². The Bertz CT molecular complexity index is 2090. The van der Waals surface area contributed by atoms with Crippen molar-refractivity contribution in [3.8, 4) is 5.75 Å². The van der Waals surface area contributed by atoms with Gasteiger partial charge in [0.1, 0.15) is 17.8 Å². The summed E-state index contributed by atoms with van der Waals surface area (Å²) >= 11 is 0. The topological polar surface area (TPSA) is 298 Å². The fraction of sp³-hybridized carbons (Fsp3) is 0.500. The number of carbonyl (C=O) groups excluding carboxylic acids is 7. The van der Waals surface area contributed by atoms with Crippen molar-refractivity contribution in [2.24, 2.45) is 0 Å². The molecule has 0 aliphatic carbocycles. The van der Waals surface area contributed by atoms with Gasteiger partial charge in [0, 0.05) is 37.0 Å². The maximum atomic E-state index is 12.0. The van der Waals surface area contributed by atoms with Crippen LogP contribution in [0.15, 0.2) is 42.6 Å². The van der Waals surface area contributed by atoms with Crippen molar-refractivity contribution in [1.82, 2.24) is 46.0 Å². The van der Waals surface area contributed by atoms with Crippen LogP contribution in [0.4, 0.5) is 11.8 Å². The quantitative estimate of drug-likeness (QED) is 0.0284. The second kappa shape index (κ2) is 28.2. The minimum absolute atomic E-state index is 0.201.